The number of phenolic OH excluding ortho intramolecular Hbond substituents is 2. The van der Waals surface area contributed by atoms with Crippen molar-refractivity contribution in [3.05, 3.63) is 144 Å². The van der Waals surface area contributed by atoms with Crippen LogP contribution in [-0.2, 0) is 30.2 Å². The molecular formula is C68H74F6O8S2. The van der Waals surface area contributed by atoms with E-state index < -0.39 is 33.2 Å². The van der Waals surface area contributed by atoms with Gasteiger partial charge in [-0.25, -0.2) is 0 Å². The molecule has 2 aliphatic carbocycles. The number of unbranched alkanes of at least 4 members (excludes halogenated alkanes) is 12. The van der Waals surface area contributed by atoms with Gasteiger partial charge in [-0.2, -0.15) is 21.6 Å². The van der Waals surface area contributed by atoms with Gasteiger partial charge in [0.2, 0.25) is 0 Å². The van der Waals surface area contributed by atoms with E-state index in [0.29, 0.717) is 16.9 Å². The maximum atomic E-state index is 13.1. The van der Waals surface area contributed by atoms with Gasteiger partial charge < -0.3 is 18.6 Å². The number of rotatable bonds is 26. The maximum absolute atomic E-state index is 13.1. The van der Waals surface area contributed by atoms with E-state index in [1.54, 1.807) is 24.3 Å². The number of hydrogen-bond donors (Lipinski definition) is 2. The Hall–Kier alpha value is -6.20. The highest BCUT2D eigenvalue weighted by Crippen LogP contribution is 2.60. The summed E-state index contributed by atoms with van der Waals surface area (Å²) in [5.41, 5.74) is 3.64. The molecule has 10 rings (SSSR count). The minimum absolute atomic E-state index is 0.0428. The normalized spacial score (nSPS) is 14.1. The van der Waals surface area contributed by atoms with Crippen LogP contribution in [0.1, 0.15) is 178 Å². The highest BCUT2D eigenvalue weighted by Gasteiger charge is 2.49. The van der Waals surface area contributed by atoms with E-state index in [1.165, 1.54) is 96.5 Å². The second-order valence-corrected chi connectivity index (χ2v) is 24.6. The van der Waals surface area contributed by atoms with E-state index in [4.69, 9.17) is 4.18 Å². The smallest absolute Gasteiger partial charge is 0.508 e. The van der Waals surface area contributed by atoms with Gasteiger partial charge >= 0.3 is 22.0 Å². The third-order valence-electron chi connectivity index (χ3n) is 17.1. The highest BCUT2D eigenvalue weighted by molar-refractivity contribution is 7.90. The van der Waals surface area contributed by atoms with Gasteiger partial charge in [-0.15, -0.1) is 22.4 Å². The molecule has 0 saturated carbocycles. The lowest BCUT2D eigenvalue weighted by Crippen LogP contribution is -2.28. The largest absolute Gasteiger partial charge is 0.550 e. The molecule has 0 radical (unpaired) electrons. The average Bonchev–Trinajstić information content (AvgIpc) is 1.63. The van der Waals surface area contributed by atoms with E-state index >= 15 is 0 Å². The molecule has 2 aliphatic rings. The Kier molecular flexibility index (Phi) is 19.7. The van der Waals surface area contributed by atoms with Crippen molar-refractivity contribution >= 4 is 65.5 Å². The third-order valence-corrected chi connectivity index (χ3v) is 18.5. The molecule has 8 aromatic rings. The average molecular weight is 1200 g/mol. The molecule has 0 aliphatic heterocycles. The first-order valence-corrected chi connectivity index (χ1v) is 31.8. The number of halogens is 6. The second kappa shape index (κ2) is 26.6. The van der Waals surface area contributed by atoms with Gasteiger partial charge in [0.15, 0.2) is 0 Å². The lowest BCUT2D eigenvalue weighted by molar-refractivity contribution is -0.441. The number of fused-ring (bicyclic) bond motifs is 14. The van der Waals surface area contributed by atoms with Gasteiger partial charge in [0.05, 0.1) is 0 Å². The van der Waals surface area contributed by atoms with Crippen molar-refractivity contribution in [2.45, 2.75) is 179 Å². The van der Waals surface area contributed by atoms with Crippen LogP contribution in [0.2, 0.25) is 0 Å². The molecule has 8 nitrogen and oxygen atoms in total. The van der Waals surface area contributed by atoms with Crippen LogP contribution in [0.15, 0.2) is 121 Å². The summed E-state index contributed by atoms with van der Waals surface area (Å²) in [5, 5.41) is 28.3. The van der Waals surface area contributed by atoms with Crippen LogP contribution in [0.25, 0.3) is 65.3 Å². The Morgan fingerprint density at radius 2 is 0.762 bits per heavy atom. The summed E-state index contributed by atoms with van der Waals surface area (Å²) in [5.74, 6) is 0.468. The predicted molar refractivity (Wildman–Crippen MR) is 326 cm³/mol. The molecule has 2 N–H and O–H groups in total. The molecule has 0 spiro atoms. The van der Waals surface area contributed by atoms with E-state index in [1.807, 2.05) is 48.5 Å². The zero-order valence-corrected chi connectivity index (χ0v) is 49.8. The first kappa shape index (κ1) is 62.3. The van der Waals surface area contributed by atoms with Crippen molar-refractivity contribution in [2.24, 2.45) is 0 Å². The number of hydrogen-bond acceptors (Lipinski definition) is 9. The zero-order valence-electron chi connectivity index (χ0n) is 48.1. The first-order valence-electron chi connectivity index (χ1n) is 29.7. The lowest BCUT2D eigenvalue weighted by Gasteiger charge is -2.34. The minimum Gasteiger partial charge on any atom is -0.508 e. The van der Waals surface area contributed by atoms with Gasteiger partial charge in [-0.1, -0.05) is 203 Å². The number of alkyl halides is 6. The first-order chi connectivity index (χ1) is 40.3. The Balaban J connectivity index is 0.000000213. The highest BCUT2D eigenvalue weighted by atomic mass is 32.2. The van der Waals surface area contributed by atoms with Crippen molar-refractivity contribution in [3.8, 4) is 45.3 Å². The summed E-state index contributed by atoms with van der Waals surface area (Å²) in [6, 6.07) is 37.8. The third kappa shape index (κ3) is 13.1. The molecule has 0 heterocycles. The Labute approximate surface area is 493 Å². The predicted octanol–water partition coefficient (Wildman–Crippen LogP) is 21.5. The quantitative estimate of drug-likeness (QED) is 0.0104. The molecule has 0 bridgehead atoms. The summed E-state index contributed by atoms with van der Waals surface area (Å²) in [4.78, 5) is 3.30. The molecule has 0 fully saturated rings. The zero-order chi connectivity index (χ0) is 59.9. The Bertz CT molecular complexity index is 3610. The summed E-state index contributed by atoms with van der Waals surface area (Å²) < 4.78 is 114. The van der Waals surface area contributed by atoms with Gasteiger partial charge in [-0.05, 0) is 162 Å². The van der Waals surface area contributed by atoms with Crippen molar-refractivity contribution in [1.82, 2.24) is 0 Å². The van der Waals surface area contributed by atoms with E-state index in [9.17, 15) is 45.0 Å². The van der Waals surface area contributed by atoms with Crippen molar-refractivity contribution < 1.29 is 62.6 Å². The van der Waals surface area contributed by atoms with Gasteiger partial charge in [0.25, 0.3) is 12.3 Å². The molecule has 0 amide bonds. The molecule has 16 heteroatoms. The summed E-state index contributed by atoms with van der Waals surface area (Å²) in [6.45, 7) is 8.83. The lowest BCUT2D eigenvalue weighted by atomic mass is 9.68. The van der Waals surface area contributed by atoms with Crippen LogP contribution in [0, 0.1) is 0 Å². The van der Waals surface area contributed by atoms with Crippen LogP contribution in [0.4, 0.5) is 26.3 Å². The standard InChI is InChI=1S/C35H36F6O6S2.C33H38O2/c1-3-5-7-9-19-33(20-10-8-6-4-2)31-27-17-13-25(44-48-47-46-34(36,37)38)21-23(27)11-15-29(31)30-16-12-24-22-26(14-18-28(24)32(30)33)45-49(42,43)35(39,40)41;1-3-5-7-9-19-33(20-10-8-6-4-2)31-27-17-13-25(34)21-23(27)11-15-29(31)30-16-12-24-22-26(35)14-18-28(24)32(30)33/h11-18,21-22H,3-10,19-20H2,1-2H3;11-18,21-22,34-35H,3-10,19-20H2,1-2H3. The van der Waals surface area contributed by atoms with Crippen LogP contribution >= 0.6 is 12.3 Å². The van der Waals surface area contributed by atoms with Crippen molar-refractivity contribution in [2.75, 3.05) is 0 Å². The van der Waals surface area contributed by atoms with Crippen LogP contribution in [-0.4, -0.2) is 30.5 Å². The molecule has 448 valence electrons. The second-order valence-electron chi connectivity index (χ2n) is 22.7. The number of phenols is 2. The van der Waals surface area contributed by atoms with Crippen molar-refractivity contribution in [1.29, 1.82) is 0 Å². The molecule has 84 heavy (non-hydrogen) atoms. The fourth-order valence-electron chi connectivity index (χ4n) is 13.5. The summed E-state index contributed by atoms with van der Waals surface area (Å²) >= 11 is 0.0428. The number of aromatic hydroxyl groups is 2. The topological polar surface area (TPSA) is 112 Å². The van der Waals surface area contributed by atoms with Gasteiger partial charge in [-0.3, -0.25) is 0 Å². The monoisotopic (exact) mass is 1200 g/mol. The maximum Gasteiger partial charge on any atom is 0.550 e. The fraction of sp³-hybridized carbons (Fsp3) is 0.412. The van der Waals surface area contributed by atoms with Gasteiger partial charge in [0.1, 0.15) is 23.0 Å². The molecule has 0 unspecified atom stereocenters. The summed E-state index contributed by atoms with van der Waals surface area (Å²) in [6.07, 6.45) is 16.9. The minimum atomic E-state index is -5.85. The van der Waals surface area contributed by atoms with Crippen LogP contribution in [0.5, 0.6) is 23.0 Å². The van der Waals surface area contributed by atoms with Gasteiger partial charge in [0, 0.05) is 10.8 Å². The SMILES string of the molecule is CCCCCCC1(CCCCCC)c2c(ccc3cc(O)ccc23)-c2ccc3cc(O)ccc3c21.CCCCCCC1(CCCCCC)c2c(ccc3cc(OSOOC(F)(F)F)ccc23)-c2ccc3cc(OS(=O)(=O)C(F)(F)F)ccc3c21. The van der Waals surface area contributed by atoms with E-state index in [0.717, 1.165) is 126 Å². The summed E-state index contributed by atoms with van der Waals surface area (Å²) in [7, 11) is -5.85. The molecular weight excluding hydrogens is 1120 g/mol. The Morgan fingerprint density at radius 3 is 1.11 bits per heavy atom. The molecule has 0 aromatic heterocycles. The Morgan fingerprint density at radius 1 is 0.429 bits per heavy atom. The van der Waals surface area contributed by atoms with E-state index in [-0.39, 0.29) is 23.5 Å². The van der Waals surface area contributed by atoms with Crippen molar-refractivity contribution in [3.63, 3.8) is 0 Å². The number of benzene rings is 8. The molecule has 8 aromatic carbocycles. The molecule has 0 saturated heterocycles. The van der Waals surface area contributed by atoms with Crippen LogP contribution in [0.3, 0.4) is 0 Å². The fourth-order valence-corrected chi connectivity index (χ4v) is 14.3. The molecule has 0 atom stereocenters. The van der Waals surface area contributed by atoms with Crippen LogP contribution < -0.4 is 8.37 Å². The van der Waals surface area contributed by atoms with E-state index in [2.05, 4.69) is 77.5 Å².